The van der Waals surface area contributed by atoms with Crippen LogP contribution in [0, 0.1) is 11.3 Å². The van der Waals surface area contributed by atoms with Gasteiger partial charge in [0.2, 0.25) is 0 Å². The number of carbonyl (C=O) groups is 1. The highest BCUT2D eigenvalue weighted by Crippen LogP contribution is 2.35. The molecule has 0 fully saturated rings. The van der Waals surface area contributed by atoms with Crippen LogP contribution in [0.5, 0.6) is 0 Å². The van der Waals surface area contributed by atoms with Gasteiger partial charge in [-0.05, 0) is 18.1 Å². The lowest BCUT2D eigenvalue weighted by Crippen LogP contribution is -2.25. The van der Waals surface area contributed by atoms with Gasteiger partial charge in [-0.2, -0.15) is 23.5 Å². The average Bonchev–Trinajstić information content (AvgIpc) is 3.12. The van der Waals surface area contributed by atoms with E-state index < -0.39 is 18.3 Å². The quantitative estimate of drug-likeness (QED) is 0.581. The van der Waals surface area contributed by atoms with E-state index in [1.165, 1.54) is 0 Å². The second-order valence-electron chi connectivity index (χ2n) is 7.00. The number of nitrogens with one attached hydrogen (secondary N) is 1. The van der Waals surface area contributed by atoms with E-state index in [9.17, 15) is 23.2 Å². The Labute approximate surface area is 182 Å². The van der Waals surface area contributed by atoms with Crippen molar-refractivity contribution in [2.75, 3.05) is 5.73 Å². The maximum Gasteiger partial charge on any atom is 0.410 e. The number of hydrogen-bond donors (Lipinski definition) is 2. The minimum Gasteiger partial charge on any atom is -0.445 e. The van der Waals surface area contributed by atoms with Gasteiger partial charge in [-0.1, -0.05) is 54.6 Å². The maximum atomic E-state index is 13.1. The molecule has 10 heteroatoms. The largest absolute Gasteiger partial charge is 0.445 e. The van der Waals surface area contributed by atoms with Gasteiger partial charge in [0, 0.05) is 12.1 Å². The minimum atomic E-state index is -4.56. The van der Waals surface area contributed by atoms with Crippen molar-refractivity contribution in [3.63, 3.8) is 0 Å². The Bertz CT molecular complexity index is 1120. The molecule has 0 aliphatic carbocycles. The average molecular weight is 443 g/mol. The molecule has 7 nitrogen and oxygen atoms in total. The first-order valence-corrected chi connectivity index (χ1v) is 9.59. The normalized spacial score (nSPS) is 12.1. The van der Waals surface area contributed by atoms with Gasteiger partial charge in [0.15, 0.2) is 0 Å². The first kappa shape index (κ1) is 22.7. The number of hydrogen-bond acceptors (Lipinski definition) is 5. The van der Waals surface area contributed by atoms with Crippen LogP contribution >= 0.6 is 0 Å². The molecule has 3 rings (SSSR count). The lowest BCUT2D eigenvalue weighted by Gasteiger charge is -2.17. The summed E-state index contributed by atoms with van der Waals surface area (Å²) in [5.41, 5.74) is 7.69. The Kier molecular flexibility index (Phi) is 6.68. The van der Waals surface area contributed by atoms with E-state index in [1.54, 1.807) is 24.3 Å². The van der Waals surface area contributed by atoms with Crippen LogP contribution in [0.4, 0.5) is 23.8 Å². The van der Waals surface area contributed by atoms with Crippen LogP contribution in [0.3, 0.4) is 0 Å². The molecule has 0 spiro atoms. The topological polar surface area (TPSA) is 106 Å². The monoisotopic (exact) mass is 443 g/mol. The van der Waals surface area contributed by atoms with Crippen LogP contribution in [-0.4, -0.2) is 22.1 Å². The smallest absolute Gasteiger partial charge is 0.410 e. The highest BCUT2D eigenvalue weighted by Gasteiger charge is 2.40. The number of anilines is 1. The summed E-state index contributed by atoms with van der Waals surface area (Å²) in [6.07, 6.45) is -5.15. The Morgan fingerprint density at radius 3 is 2.44 bits per heavy atom. The van der Waals surface area contributed by atoms with Gasteiger partial charge in [0.25, 0.3) is 0 Å². The molecule has 1 aromatic heterocycles. The van der Waals surface area contributed by atoms with E-state index in [-0.39, 0.29) is 30.2 Å². The third-order valence-electron chi connectivity index (χ3n) is 4.78. The highest BCUT2D eigenvalue weighted by atomic mass is 19.4. The lowest BCUT2D eigenvalue weighted by atomic mass is 10.1. The zero-order valence-electron chi connectivity index (χ0n) is 17.1. The molecule has 0 saturated heterocycles. The van der Waals surface area contributed by atoms with Crippen molar-refractivity contribution in [3.05, 3.63) is 71.3 Å². The molecule has 0 aliphatic heterocycles. The van der Waals surface area contributed by atoms with Crippen molar-refractivity contribution < 1.29 is 22.7 Å². The van der Waals surface area contributed by atoms with Crippen molar-refractivity contribution in [1.29, 1.82) is 5.26 Å². The molecule has 32 heavy (non-hydrogen) atoms. The molecule has 1 atom stereocenters. The Morgan fingerprint density at radius 2 is 1.84 bits per heavy atom. The first-order chi connectivity index (χ1) is 15.2. The van der Waals surface area contributed by atoms with Crippen LogP contribution in [0.2, 0.25) is 0 Å². The fourth-order valence-electron chi connectivity index (χ4n) is 2.92. The summed E-state index contributed by atoms with van der Waals surface area (Å²) in [6, 6.07) is 15.6. The highest BCUT2D eigenvalue weighted by molar-refractivity contribution is 5.73. The van der Waals surface area contributed by atoms with E-state index in [4.69, 9.17) is 10.5 Å². The molecule has 166 valence electrons. The van der Waals surface area contributed by atoms with Crippen LogP contribution in [0.25, 0.3) is 11.3 Å². The van der Waals surface area contributed by atoms with Gasteiger partial charge < -0.3 is 15.8 Å². The molecular weight excluding hydrogens is 423 g/mol. The number of nitrogen functional groups attached to an aromatic ring is 1. The van der Waals surface area contributed by atoms with Crippen molar-refractivity contribution >= 4 is 11.9 Å². The summed E-state index contributed by atoms with van der Waals surface area (Å²) in [6.45, 7) is 1.24. The standard InChI is InChI=1S/C22H20F3N5O2/c1-14(22(23,24)25)30-20(27)18(11-26)19(29-30)17-9-7-15(8-10-17)12-28-21(31)32-13-16-5-3-2-4-6-16/h2-10,14H,12-13,27H2,1H3,(H,28,31)/t14-/m0/s1. The fourth-order valence-corrected chi connectivity index (χ4v) is 2.92. The number of alkyl halides is 3. The molecular formula is C22H20F3N5O2. The van der Waals surface area contributed by atoms with Gasteiger partial charge >= 0.3 is 12.3 Å². The number of nitrogens with zero attached hydrogens (tertiary/aromatic N) is 3. The molecule has 3 N–H and O–H groups in total. The molecule has 1 amide bonds. The molecule has 0 aliphatic rings. The molecule has 0 radical (unpaired) electrons. The number of alkyl carbamates (subject to hydrolysis) is 1. The number of rotatable bonds is 6. The van der Waals surface area contributed by atoms with Gasteiger partial charge in [-0.15, -0.1) is 0 Å². The number of nitriles is 1. The van der Waals surface area contributed by atoms with Crippen LogP contribution in [0.1, 0.15) is 29.7 Å². The molecule has 3 aromatic rings. The van der Waals surface area contributed by atoms with Crippen LogP contribution in [0.15, 0.2) is 54.6 Å². The summed E-state index contributed by atoms with van der Waals surface area (Å²) in [7, 11) is 0. The number of ether oxygens (including phenoxy) is 1. The van der Waals surface area contributed by atoms with E-state index in [1.807, 2.05) is 36.4 Å². The van der Waals surface area contributed by atoms with E-state index in [2.05, 4.69) is 10.4 Å². The summed E-state index contributed by atoms with van der Waals surface area (Å²) in [4.78, 5) is 11.9. The SMILES string of the molecule is C[C@H](n1nc(-c2ccc(CNC(=O)OCc3ccccc3)cc2)c(C#N)c1N)C(F)(F)F. The van der Waals surface area contributed by atoms with Crippen LogP contribution in [-0.2, 0) is 17.9 Å². The van der Waals surface area contributed by atoms with Gasteiger partial charge in [0.05, 0.1) is 0 Å². The third-order valence-corrected chi connectivity index (χ3v) is 4.78. The summed E-state index contributed by atoms with van der Waals surface area (Å²) < 4.78 is 45.0. The zero-order valence-corrected chi connectivity index (χ0v) is 17.1. The van der Waals surface area contributed by atoms with Gasteiger partial charge in [-0.25, -0.2) is 9.48 Å². The second kappa shape index (κ2) is 9.43. The Balaban J connectivity index is 1.67. The second-order valence-corrected chi connectivity index (χ2v) is 7.00. The van der Waals surface area contributed by atoms with Crippen molar-refractivity contribution in [2.45, 2.75) is 32.3 Å². The van der Waals surface area contributed by atoms with E-state index >= 15 is 0 Å². The van der Waals surface area contributed by atoms with Crippen LogP contribution < -0.4 is 11.1 Å². The molecule has 0 unspecified atom stereocenters. The predicted molar refractivity (Wildman–Crippen MR) is 111 cm³/mol. The Morgan fingerprint density at radius 1 is 1.19 bits per heavy atom. The van der Waals surface area contributed by atoms with Gasteiger partial charge in [-0.3, -0.25) is 0 Å². The van der Waals surface area contributed by atoms with E-state index in [0.717, 1.165) is 18.1 Å². The van der Waals surface area contributed by atoms with Crippen molar-refractivity contribution in [3.8, 4) is 17.3 Å². The minimum absolute atomic E-state index is 0.0582. The summed E-state index contributed by atoms with van der Waals surface area (Å²) in [5.74, 6) is -0.348. The molecule has 0 saturated carbocycles. The first-order valence-electron chi connectivity index (χ1n) is 9.59. The number of carbonyl (C=O) groups excluding carboxylic acids is 1. The zero-order chi connectivity index (χ0) is 23.3. The van der Waals surface area contributed by atoms with E-state index in [0.29, 0.717) is 10.2 Å². The van der Waals surface area contributed by atoms with Gasteiger partial charge in [0.1, 0.15) is 35.8 Å². The van der Waals surface area contributed by atoms with Crippen molar-refractivity contribution in [2.24, 2.45) is 0 Å². The number of nitrogens with two attached hydrogens (primary N) is 1. The number of benzene rings is 2. The molecule has 2 aromatic carbocycles. The Hall–Kier alpha value is -4.00. The number of halogens is 3. The molecule has 1 heterocycles. The third kappa shape index (κ3) is 5.18. The summed E-state index contributed by atoms with van der Waals surface area (Å²) in [5, 5.41) is 15.9. The predicted octanol–water partition coefficient (Wildman–Crippen LogP) is 4.55. The van der Waals surface area contributed by atoms with Crippen molar-refractivity contribution in [1.82, 2.24) is 15.1 Å². The lowest BCUT2D eigenvalue weighted by molar-refractivity contribution is -0.164. The maximum absolute atomic E-state index is 13.1. The fraction of sp³-hybridized carbons (Fsp3) is 0.227. The molecule has 0 bridgehead atoms. The number of amides is 1. The summed E-state index contributed by atoms with van der Waals surface area (Å²) >= 11 is 0. The number of aromatic nitrogens is 2.